The molecular weight excluding hydrogens is 290 g/mol. The normalized spacial score (nSPS) is 21.0. The quantitative estimate of drug-likeness (QED) is 0.841. The second-order valence-electron chi connectivity index (χ2n) is 4.91. The van der Waals surface area contributed by atoms with E-state index in [-0.39, 0.29) is 6.04 Å². The van der Waals surface area contributed by atoms with Crippen LogP contribution in [-0.4, -0.2) is 40.6 Å². The first-order valence-corrected chi connectivity index (χ1v) is 6.90. The minimum absolute atomic E-state index is 0.0162. The lowest BCUT2D eigenvalue weighted by molar-refractivity contribution is 0.298. The molecular formula is C14H16ClN5O. The minimum atomic E-state index is -0.0162. The smallest absolute Gasteiger partial charge is 0.201 e. The molecule has 6 nitrogen and oxygen atoms in total. The Morgan fingerprint density at radius 3 is 2.90 bits per heavy atom. The van der Waals surface area contributed by atoms with Crippen LogP contribution in [0.25, 0.3) is 0 Å². The van der Waals surface area contributed by atoms with Gasteiger partial charge in [-0.15, -0.1) is 0 Å². The van der Waals surface area contributed by atoms with E-state index in [0.29, 0.717) is 16.9 Å². The first-order valence-electron chi connectivity index (χ1n) is 6.52. The second kappa shape index (κ2) is 5.29. The molecule has 2 N–H and O–H groups in total. The van der Waals surface area contributed by atoms with Gasteiger partial charge in [-0.25, -0.2) is 4.99 Å². The average Bonchev–Trinajstić information content (AvgIpc) is 2.89. The van der Waals surface area contributed by atoms with E-state index in [1.165, 1.54) is 0 Å². The number of amidine groups is 1. The van der Waals surface area contributed by atoms with Crippen LogP contribution in [-0.2, 0) is 4.74 Å². The summed E-state index contributed by atoms with van der Waals surface area (Å²) >= 11 is 6.22. The number of methoxy groups -OCH3 is 1. The van der Waals surface area contributed by atoms with E-state index in [9.17, 15) is 0 Å². The molecule has 7 heteroatoms. The van der Waals surface area contributed by atoms with E-state index in [0.717, 1.165) is 17.0 Å². The molecule has 1 aromatic heterocycles. The number of fused-ring (bicyclic) bond motifs is 1. The standard InChI is InChI=1S/C14H16ClN5O/c1-8-6-12(19-18-8)16-13-10-5-4-9(21-3)7-11(10)20(2)14(15)17-13/h4-7,11H,1-3H3,(H2,16,18,19). The van der Waals surface area contributed by atoms with Gasteiger partial charge in [0.15, 0.2) is 5.82 Å². The van der Waals surface area contributed by atoms with Gasteiger partial charge in [0.1, 0.15) is 11.6 Å². The van der Waals surface area contributed by atoms with Crippen molar-refractivity contribution >= 4 is 22.7 Å². The summed E-state index contributed by atoms with van der Waals surface area (Å²) in [7, 11) is 3.55. The second-order valence-corrected chi connectivity index (χ2v) is 5.25. The number of allylic oxidation sites excluding steroid dienone is 1. The molecule has 0 aromatic carbocycles. The summed E-state index contributed by atoms with van der Waals surface area (Å²) in [5, 5.41) is 10.7. The number of nitrogens with zero attached hydrogens (tertiary/aromatic N) is 3. The molecule has 0 saturated heterocycles. The predicted molar refractivity (Wildman–Crippen MR) is 83.0 cm³/mol. The van der Waals surface area contributed by atoms with E-state index in [4.69, 9.17) is 16.3 Å². The number of H-pyrrole nitrogens is 1. The number of ether oxygens (including phenoxy) is 1. The van der Waals surface area contributed by atoms with Crippen LogP contribution >= 0.6 is 11.6 Å². The van der Waals surface area contributed by atoms with Crippen molar-refractivity contribution in [3.63, 3.8) is 0 Å². The maximum Gasteiger partial charge on any atom is 0.201 e. The number of aliphatic imine (C=N–C) groups is 1. The lowest BCUT2D eigenvalue weighted by atomic mass is 9.99. The third kappa shape index (κ3) is 2.54. The molecule has 0 bridgehead atoms. The van der Waals surface area contributed by atoms with Crippen molar-refractivity contribution in [2.24, 2.45) is 4.99 Å². The number of anilines is 1. The van der Waals surface area contributed by atoms with Crippen LogP contribution in [0.1, 0.15) is 5.69 Å². The van der Waals surface area contributed by atoms with Crippen molar-refractivity contribution in [1.29, 1.82) is 0 Å². The highest BCUT2D eigenvalue weighted by Gasteiger charge is 2.29. The summed E-state index contributed by atoms with van der Waals surface area (Å²) in [4.78, 5) is 6.29. The SMILES string of the molecule is COC1=CC2C(=C(Nc3cc(C)[nH]n3)N=C(Cl)N2C)C=C1. The van der Waals surface area contributed by atoms with Crippen molar-refractivity contribution in [2.45, 2.75) is 13.0 Å². The summed E-state index contributed by atoms with van der Waals surface area (Å²) in [5.74, 6) is 2.20. The maximum absolute atomic E-state index is 6.22. The highest BCUT2D eigenvalue weighted by molar-refractivity contribution is 6.64. The number of nitrogens with one attached hydrogen (secondary N) is 2. The lowest BCUT2D eigenvalue weighted by Crippen LogP contribution is -2.39. The fraction of sp³-hybridized carbons (Fsp3) is 0.286. The summed E-state index contributed by atoms with van der Waals surface area (Å²) in [6.45, 7) is 1.94. The minimum Gasteiger partial charge on any atom is -0.497 e. The Labute approximate surface area is 127 Å². The zero-order chi connectivity index (χ0) is 15.0. The van der Waals surface area contributed by atoms with Crippen molar-refractivity contribution in [1.82, 2.24) is 15.1 Å². The van der Waals surface area contributed by atoms with E-state index in [2.05, 4.69) is 20.5 Å². The van der Waals surface area contributed by atoms with Crippen LogP contribution in [0.4, 0.5) is 5.82 Å². The van der Waals surface area contributed by atoms with Gasteiger partial charge in [-0.05, 0) is 36.8 Å². The fourth-order valence-corrected chi connectivity index (χ4v) is 2.49. The predicted octanol–water partition coefficient (Wildman–Crippen LogP) is 2.35. The number of halogens is 1. The highest BCUT2D eigenvalue weighted by Crippen LogP contribution is 2.29. The number of likely N-dealkylation sites (N-methyl/N-ethyl adjacent to an activating group) is 1. The van der Waals surface area contributed by atoms with Crippen LogP contribution in [0.3, 0.4) is 0 Å². The Kier molecular flexibility index (Phi) is 3.47. The zero-order valence-electron chi connectivity index (χ0n) is 12.0. The topological polar surface area (TPSA) is 65.5 Å². The third-order valence-corrected chi connectivity index (χ3v) is 3.79. The summed E-state index contributed by atoms with van der Waals surface area (Å²) in [5.41, 5.74) is 1.99. The molecule has 0 saturated carbocycles. The molecule has 0 radical (unpaired) electrons. The summed E-state index contributed by atoms with van der Waals surface area (Å²) in [6.07, 6.45) is 5.89. The van der Waals surface area contributed by atoms with Gasteiger partial charge in [0, 0.05) is 24.4 Å². The number of rotatable bonds is 3. The molecule has 2 heterocycles. The molecule has 1 atom stereocenters. The van der Waals surface area contributed by atoms with Gasteiger partial charge < -0.3 is 15.0 Å². The number of aromatic nitrogens is 2. The monoisotopic (exact) mass is 305 g/mol. The van der Waals surface area contributed by atoms with Gasteiger partial charge in [0.25, 0.3) is 0 Å². The largest absolute Gasteiger partial charge is 0.497 e. The molecule has 1 unspecified atom stereocenters. The first-order chi connectivity index (χ1) is 10.1. The molecule has 0 amide bonds. The van der Waals surface area contributed by atoms with E-state index < -0.39 is 0 Å². The van der Waals surface area contributed by atoms with Gasteiger partial charge in [-0.2, -0.15) is 5.10 Å². The van der Waals surface area contributed by atoms with Crippen molar-refractivity contribution < 1.29 is 4.74 Å². The summed E-state index contributed by atoms with van der Waals surface area (Å²) in [6, 6.07) is 1.89. The number of aryl methyl sites for hydroxylation is 1. The molecule has 110 valence electrons. The molecule has 3 rings (SSSR count). The van der Waals surface area contributed by atoms with Gasteiger partial charge in [0.05, 0.1) is 13.2 Å². The molecule has 0 spiro atoms. The average molecular weight is 306 g/mol. The third-order valence-electron chi connectivity index (χ3n) is 3.44. The van der Waals surface area contributed by atoms with E-state index in [1.807, 2.05) is 43.2 Å². The van der Waals surface area contributed by atoms with Crippen molar-refractivity contribution in [3.05, 3.63) is 47.1 Å². The Morgan fingerprint density at radius 1 is 1.43 bits per heavy atom. The highest BCUT2D eigenvalue weighted by atomic mass is 35.5. The molecule has 0 fully saturated rings. The maximum atomic E-state index is 6.22. The zero-order valence-corrected chi connectivity index (χ0v) is 12.8. The van der Waals surface area contributed by atoms with E-state index >= 15 is 0 Å². The van der Waals surface area contributed by atoms with Gasteiger partial charge in [-0.1, -0.05) is 0 Å². The van der Waals surface area contributed by atoms with Crippen molar-refractivity contribution in [2.75, 3.05) is 19.5 Å². The Bertz CT molecular complexity index is 685. The van der Waals surface area contributed by atoms with Gasteiger partial charge in [0.2, 0.25) is 5.29 Å². The molecule has 21 heavy (non-hydrogen) atoms. The Hall–Kier alpha value is -2.21. The number of hydrogen-bond donors (Lipinski definition) is 2. The van der Waals surface area contributed by atoms with Gasteiger partial charge in [-0.3, -0.25) is 5.10 Å². The van der Waals surface area contributed by atoms with Crippen LogP contribution < -0.4 is 5.32 Å². The molecule has 2 aliphatic rings. The van der Waals surface area contributed by atoms with Crippen LogP contribution in [0, 0.1) is 6.92 Å². The van der Waals surface area contributed by atoms with E-state index in [1.54, 1.807) is 7.11 Å². The van der Waals surface area contributed by atoms with Crippen LogP contribution in [0.5, 0.6) is 0 Å². The Balaban J connectivity index is 1.98. The molecule has 1 aromatic rings. The van der Waals surface area contributed by atoms with Crippen molar-refractivity contribution in [3.8, 4) is 0 Å². The lowest BCUT2D eigenvalue weighted by Gasteiger charge is -2.33. The van der Waals surface area contributed by atoms with Crippen LogP contribution in [0.15, 0.2) is 46.4 Å². The Morgan fingerprint density at radius 2 is 2.24 bits per heavy atom. The molecule has 1 aliphatic heterocycles. The summed E-state index contributed by atoms with van der Waals surface area (Å²) < 4.78 is 5.28. The molecule has 1 aliphatic carbocycles. The number of aromatic amines is 1. The fourth-order valence-electron chi connectivity index (χ4n) is 2.30. The first kappa shape index (κ1) is 13.8. The number of hydrogen-bond acceptors (Lipinski definition) is 5. The van der Waals surface area contributed by atoms with Gasteiger partial charge >= 0.3 is 0 Å². The van der Waals surface area contributed by atoms with Crippen LogP contribution in [0.2, 0.25) is 0 Å².